The Morgan fingerprint density at radius 1 is 1.37 bits per heavy atom. The van der Waals surface area contributed by atoms with Gasteiger partial charge in [-0.1, -0.05) is 0 Å². The molecule has 1 N–H and O–H groups in total. The van der Waals surface area contributed by atoms with E-state index in [0.717, 1.165) is 5.69 Å². The highest BCUT2D eigenvalue weighted by Gasteiger charge is 2.06. The summed E-state index contributed by atoms with van der Waals surface area (Å²) in [6.07, 6.45) is 4.32. The summed E-state index contributed by atoms with van der Waals surface area (Å²) < 4.78 is 1.31. The Kier molecular flexibility index (Phi) is 3.97. The van der Waals surface area contributed by atoms with Crippen molar-refractivity contribution in [3.05, 3.63) is 52.5 Å². The van der Waals surface area contributed by atoms with Crippen LogP contribution in [0.3, 0.4) is 0 Å². The van der Waals surface area contributed by atoms with Gasteiger partial charge in [-0.15, -0.1) is 0 Å². The zero-order valence-electron chi connectivity index (χ0n) is 10.4. The Morgan fingerprint density at radius 3 is 2.95 bits per heavy atom. The van der Waals surface area contributed by atoms with E-state index in [2.05, 4.69) is 20.4 Å². The number of aryl methyl sites for hydroxylation is 1. The van der Waals surface area contributed by atoms with Crippen molar-refractivity contribution in [2.45, 2.75) is 13.5 Å². The molecule has 2 aromatic heterocycles. The van der Waals surface area contributed by atoms with Crippen molar-refractivity contribution in [3.63, 3.8) is 0 Å². The molecule has 0 unspecified atom stereocenters. The first kappa shape index (κ1) is 12.9. The van der Waals surface area contributed by atoms with E-state index in [1.807, 2.05) is 0 Å². The number of hydrogen-bond acceptors (Lipinski definition) is 5. The van der Waals surface area contributed by atoms with E-state index in [1.165, 1.54) is 29.3 Å². The molecule has 0 radical (unpaired) electrons. The molecule has 0 bridgehead atoms. The summed E-state index contributed by atoms with van der Waals surface area (Å²) in [5.41, 5.74) is 0.797. The molecule has 0 aliphatic rings. The van der Waals surface area contributed by atoms with Crippen LogP contribution in [0.5, 0.6) is 0 Å². The fourth-order valence-electron chi connectivity index (χ4n) is 1.49. The summed E-state index contributed by atoms with van der Waals surface area (Å²) in [5, 5.41) is 6.72. The first-order valence-corrected chi connectivity index (χ1v) is 5.76. The summed E-state index contributed by atoms with van der Waals surface area (Å²) in [6.45, 7) is 2.41. The SMILES string of the molecule is Cc1ccc(=O)n(CCNC(=O)c2cnccn2)n1. The lowest BCUT2D eigenvalue weighted by Gasteiger charge is -2.06. The number of carbonyl (C=O) groups excluding carboxylic acids is 1. The highest BCUT2D eigenvalue weighted by atomic mass is 16.2. The zero-order chi connectivity index (χ0) is 13.7. The van der Waals surface area contributed by atoms with Crippen LogP contribution in [-0.4, -0.2) is 32.2 Å². The van der Waals surface area contributed by atoms with Crippen molar-refractivity contribution in [1.82, 2.24) is 25.1 Å². The zero-order valence-corrected chi connectivity index (χ0v) is 10.4. The monoisotopic (exact) mass is 259 g/mol. The van der Waals surface area contributed by atoms with E-state index in [-0.39, 0.29) is 17.2 Å². The van der Waals surface area contributed by atoms with Gasteiger partial charge in [0.05, 0.1) is 18.4 Å². The van der Waals surface area contributed by atoms with Gasteiger partial charge in [0.2, 0.25) is 0 Å². The second-order valence-corrected chi connectivity index (χ2v) is 3.88. The normalized spacial score (nSPS) is 10.2. The second kappa shape index (κ2) is 5.85. The number of aromatic nitrogens is 4. The minimum Gasteiger partial charge on any atom is -0.349 e. The standard InChI is InChI=1S/C12H13N5O2/c1-9-2-3-11(18)17(16-9)7-6-15-12(19)10-8-13-4-5-14-10/h2-5,8H,6-7H2,1H3,(H,15,19). The fourth-order valence-corrected chi connectivity index (χ4v) is 1.49. The fraction of sp³-hybridized carbons (Fsp3) is 0.250. The average Bonchev–Trinajstić information content (AvgIpc) is 2.43. The number of nitrogens with one attached hydrogen (secondary N) is 1. The van der Waals surface area contributed by atoms with Gasteiger partial charge < -0.3 is 5.32 Å². The Balaban J connectivity index is 1.92. The predicted molar refractivity (Wildman–Crippen MR) is 67.6 cm³/mol. The van der Waals surface area contributed by atoms with Gasteiger partial charge in [0.15, 0.2) is 0 Å². The summed E-state index contributed by atoms with van der Waals surface area (Å²) >= 11 is 0. The molecule has 7 nitrogen and oxygen atoms in total. The molecule has 98 valence electrons. The molecule has 1 amide bonds. The number of hydrogen-bond donors (Lipinski definition) is 1. The van der Waals surface area contributed by atoms with E-state index in [9.17, 15) is 9.59 Å². The van der Waals surface area contributed by atoms with E-state index in [4.69, 9.17) is 0 Å². The maximum atomic E-state index is 11.7. The van der Waals surface area contributed by atoms with Crippen LogP contribution in [0, 0.1) is 6.92 Å². The number of rotatable bonds is 4. The Bertz CT molecular complexity index is 624. The summed E-state index contributed by atoms with van der Waals surface area (Å²) in [5.74, 6) is -0.325. The van der Waals surface area contributed by atoms with Crippen LogP contribution in [0.4, 0.5) is 0 Å². The van der Waals surface area contributed by atoms with E-state index in [0.29, 0.717) is 13.1 Å². The van der Waals surface area contributed by atoms with E-state index in [1.54, 1.807) is 13.0 Å². The Hall–Kier alpha value is -2.57. The number of carbonyl (C=O) groups is 1. The van der Waals surface area contributed by atoms with Gasteiger partial charge in [0, 0.05) is 25.0 Å². The molecule has 0 saturated carbocycles. The average molecular weight is 259 g/mol. The van der Waals surface area contributed by atoms with Crippen LogP contribution in [0.1, 0.15) is 16.2 Å². The molecule has 0 saturated heterocycles. The first-order chi connectivity index (χ1) is 9.16. The highest BCUT2D eigenvalue weighted by Crippen LogP contribution is 1.89. The molecule has 19 heavy (non-hydrogen) atoms. The maximum Gasteiger partial charge on any atom is 0.271 e. The summed E-state index contributed by atoms with van der Waals surface area (Å²) in [7, 11) is 0. The van der Waals surface area contributed by atoms with Crippen LogP contribution in [-0.2, 0) is 6.54 Å². The molecular formula is C12H13N5O2. The predicted octanol–water partition coefficient (Wildman–Crippen LogP) is -0.228. The number of nitrogens with zero attached hydrogens (tertiary/aromatic N) is 4. The van der Waals surface area contributed by atoms with Gasteiger partial charge in [0.1, 0.15) is 5.69 Å². The lowest BCUT2D eigenvalue weighted by Crippen LogP contribution is -2.32. The lowest BCUT2D eigenvalue weighted by molar-refractivity contribution is 0.0946. The largest absolute Gasteiger partial charge is 0.349 e. The third-order valence-corrected chi connectivity index (χ3v) is 2.40. The summed E-state index contributed by atoms with van der Waals surface area (Å²) in [4.78, 5) is 30.8. The molecule has 0 aromatic carbocycles. The van der Waals surface area contributed by atoms with Gasteiger partial charge in [-0.05, 0) is 13.0 Å². The molecule has 2 aromatic rings. The van der Waals surface area contributed by atoms with Crippen LogP contribution in [0.2, 0.25) is 0 Å². The molecule has 0 aliphatic heterocycles. The van der Waals surface area contributed by atoms with Crippen LogP contribution >= 0.6 is 0 Å². The quantitative estimate of drug-likeness (QED) is 0.819. The minimum absolute atomic E-state index is 0.195. The Morgan fingerprint density at radius 2 is 2.21 bits per heavy atom. The topological polar surface area (TPSA) is 89.8 Å². The molecule has 0 aliphatic carbocycles. The van der Waals surface area contributed by atoms with E-state index < -0.39 is 0 Å². The maximum absolute atomic E-state index is 11.7. The van der Waals surface area contributed by atoms with Crippen LogP contribution < -0.4 is 10.9 Å². The lowest BCUT2D eigenvalue weighted by atomic mass is 10.4. The minimum atomic E-state index is -0.325. The molecule has 0 spiro atoms. The van der Waals surface area contributed by atoms with Crippen molar-refractivity contribution in [1.29, 1.82) is 0 Å². The summed E-state index contributed by atoms with van der Waals surface area (Å²) in [6, 6.07) is 3.10. The third-order valence-electron chi connectivity index (χ3n) is 2.40. The van der Waals surface area contributed by atoms with Gasteiger partial charge in [0.25, 0.3) is 11.5 Å². The van der Waals surface area contributed by atoms with Gasteiger partial charge in [-0.3, -0.25) is 14.6 Å². The molecule has 0 atom stereocenters. The van der Waals surface area contributed by atoms with Gasteiger partial charge >= 0.3 is 0 Å². The molecule has 2 rings (SSSR count). The van der Waals surface area contributed by atoms with Crippen molar-refractivity contribution in [2.24, 2.45) is 0 Å². The third kappa shape index (κ3) is 3.44. The van der Waals surface area contributed by atoms with Crippen molar-refractivity contribution < 1.29 is 4.79 Å². The van der Waals surface area contributed by atoms with Crippen LogP contribution in [0.15, 0.2) is 35.5 Å². The second-order valence-electron chi connectivity index (χ2n) is 3.88. The highest BCUT2D eigenvalue weighted by molar-refractivity contribution is 5.91. The molecule has 0 fully saturated rings. The molecule has 7 heteroatoms. The first-order valence-electron chi connectivity index (χ1n) is 5.76. The van der Waals surface area contributed by atoms with Crippen LogP contribution in [0.25, 0.3) is 0 Å². The van der Waals surface area contributed by atoms with Gasteiger partial charge in [-0.25, -0.2) is 9.67 Å². The van der Waals surface area contributed by atoms with Gasteiger partial charge in [-0.2, -0.15) is 5.10 Å². The smallest absolute Gasteiger partial charge is 0.271 e. The number of amides is 1. The Labute approximate surface area is 109 Å². The molecule has 2 heterocycles. The van der Waals surface area contributed by atoms with E-state index >= 15 is 0 Å². The van der Waals surface area contributed by atoms with Crippen molar-refractivity contribution >= 4 is 5.91 Å². The van der Waals surface area contributed by atoms with Crippen molar-refractivity contribution in [3.8, 4) is 0 Å². The van der Waals surface area contributed by atoms with Crippen molar-refractivity contribution in [2.75, 3.05) is 6.54 Å². The molecular weight excluding hydrogens is 246 g/mol.